The molecule has 1 unspecified atom stereocenters. The van der Waals surface area contributed by atoms with Crippen molar-refractivity contribution in [3.05, 3.63) is 24.4 Å². The zero-order valence-corrected chi connectivity index (χ0v) is 8.47. The Balaban J connectivity index is 2.55. The van der Waals surface area contributed by atoms with E-state index in [0.717, 1.165) is 5.03 Å². The number of carbonyl (C=O) groups excluding carboxylic acids is 1. The van der Waals surface area contributed by atoms with E-state index in [4.69, 9.17) is 0 Å². The number of thioether (sulfide) groups is 1. The van der Waals surface area contributed by atoms with Crippen LogP contribution in [0.15, 0.2) is 29.4 Å². The Hall–Kier alpha value is -1.03. The lowest BCUT2D eigenvalue weighted by atomic mass is 10.4. The Labute approximate surface area is 81.9 Å². The summed E-state index contributed by atoms with van der Waals surface area (Å²) in [6.45, 7) is 1.86. The fourth-order valence-corrected chi connectivity index (χ4v) is 1.72. The molecule has 0 fully saturated rings. The standard InChI is InChI=1S/C9H12N2OS/c1-7(9(12)10-2)13-8-5-3-4-6-11-8/h3-7H,1-2H3,(H,10,12). The van der Waals surface area contributed by atoms with Gasteiger partial charge in [-0.1, -0.05) is 17.8 Å². The maximum absolute atomic E-state index is 11.2. The Morgan fingerprint density at radius 2 is 2.38 bits per heavy atom. The van der Waals surface area contributed by atoms with E-state index in [9.17, 15) is 4.79 Å². The highest BCUT2D eigenvalue weighted by Crippen LogP contribution is 2.19. The van der Waals surface area contributed by atoms with E-state index in [-0.39, 0.29) is 11.2 Å². The van der Waals surface area contributed by atoms with Gasteiger partial charge >= 0.3 is 0 Å². The maximum Gasteiger partial charge on any atom is 0.233 e. The first-order valence-electron chi connectivity index (χ1n) is 4.03. The van der Waals surface area contributed by atoms with E-state index < -0.39 is 0 Å². The van der Waals surface area contributed by atoms with Crippen LogP contribution < -0.4 is 5.32 Å². The third-order valence-electron chi connectivity index (χ3n) is 1.55. The molecule has 1 atom stereocenters. The topological polar surface area (TPSA) is 42.0 Å². The van der Waals surface area contributed by atoms with Gasteiger partial charge in [0.15, 0.2) is 0 Å². The number of carbonyl (C=O) groups is 1. The number of nitrogens with one attached hydrogen (secondary N) is 1. The second-order valence-corrected chi connectivity index (χ2v) is 3.90. The molecule has 0 bridgehead atoms. The van der Waals surface area contributed by atoms with Gasteiger partial charge < -0.3 is 5.32 Å². The highest BCUT2D eigenvalue weighted by molar-refractivity contribution is 8.00. The Kier molecular flexibility index (Phi) is 3.76. The van der Waals surface area contributed by atoms with Crippen LogP contribution in [0.1, 0.15) is 6.92 Å². The van der Waals surface area contributed by atoms with Gasteiger partial charge in [0, 0.05) is 13.2 Å². The molecular weight excluding hydrogens is 184 g/mol. The van der Waals surface area contributed by atoms with E-state index in [2.05, 4.69) is 10.3 Å². The van der Waals surface area contributed by atoms with Gasteiger partial charge in [0.25, 0.3) is 0 Å². The predicted molar refractivity (Wildman–Crippen MR) is 53.6 cm³/mol. The van der Waals surface area contributed by atoms with Crippen molar-refractivity contribution in [3.8, 4) is 0 Å². The Bertz CT molecular complexity index is 276. The lowest BCUT2D eigenvalue weighted by Crippen LogP contribution is -2.27. The summed E-state index contributed by atoms with van der Waals surface area (Å²) in [7, 11) is 1.64. The third-order valence-corrected chi connectivity index (χ3v) is 2.60. The summed E-state index contributed by atoms with van der Waals surface area (Å²) in [6, 6.07) is 5.66. The van der Waals surface area contributed by atoms with Crippen LogP contribution in [0.25, 0.3) is 0 Å². The van der Waals surface area contributed by atoms with Crippen LogP contribution in [-0.4, -0.2) is 23.2 Å². The number of rotatable bonds is 3. The summed E-state index contributed by atoms with van der Waals surface area (Å²) in [6.07, 6.45) is 1.72. The van der Waals surface area contributed by atoms with Crippen LogP contribution in [0.3, 0.4) is 0 Å². The van der Waals surface area contributed by atoms with Gasteiger partial charge in [-0.05, 0) is 19.1 Å². The molecule has 1 amide bonds. The van der Waals surface area contributed by atoms with Gasteiger partial charge in [0.2, 0.25) is 5.91 Å². The maximum atomic E-state index is 11.2. The quantitative estimate of drug-likeness (QED) is 0.741. The van der Waals surface area contributed by atoms with Gasteiger partial charge in [-0.25, -0.2) is 4.98 Å². The van der Waals surface area contributed by atoms with E-state index >= 15 is 0 Å². The molecule has 0 aliphatic heterocycles. The minimum Gasteiger partial charge on any atom is -0.358 e. The summed E-state index contributed by atoms with van der Waals surface area (Å²) in [5.41, 5.74) is 0. The first kappa shape index (κ1) is 10.1. The molecule has 1 heterocycles. The Morgan fingerprint density at radius 1 is 1.62 bits per heavy atom. The van der Waals surface area contributed by atoms with Crippen LogP contribution in [-0.2, 0) is 4.79 Å². The molecule has 1 rings (SSSR count). The highest BCUT2D eigenvalue weighted by atomic mass is 32.2. The van der Waals surface area contributed by atoms with Gasteiger partial charge in [-0.15, -0.1) is 0 Å². The van der Waals surface area contributed by atoms with Crippen LogP contribution in [0.2, 0.25) is 0 Å². The lowest BCUT2D eigenvalue weighted by molar-refractivity contribution is -0.119. The second-order valence-electron chi connectivity index (χ2n) is 2.54. The normalized spacial score (nSPS) is 12.2. The van der Waals surface area contributed by atoms with E-state index in [1.807, 2.05) is 25.1 Å². The van der Waals surface area contributed by atoms with Gasteiger partial charge in [-0.3, -0.25) is 4.79 Å². The molecule has 1 aromatic rings. The lowest BCUT2D eigenvalue weighted by Gasteiger charge is -2.07. The molecule has 3 nitrogen and oxygen atoms in total. The Morgan fingerprint density at radius 3 is 2.92 bits per heavy atom. The molecule has 1 N–H and O–H groups in total. The second kappa shape index (κ2) is 4.87. The molecular formula is C9H12N2OS. The highest BCUT2D eigenvalue weighted by Gasteiger charge is 2.12. The molecule has 1 aromatic heterocycles. The first-order valence-corrected chi connectivity index (χ1v) is 4.91. The van der Waals surface area contributed by atoms with Crippen LogP contribution >= 0.6 is 11.8 Å². The number of nitrogens with zero attached hydrogens (tertiary/aromatic N) is 1. The molecule has 0 spiro atoms. The fraction of sp³-hybridized carbons (Fsp3) is 0.333. The predicted octanol–water partition coefficient (Wildman–Crippen LogP) is 1.31. The minimum atomic E-state index is -0.0973. The summed E-state index contributed by atoms with van der Waals surface area (Å²) in [5, 5.41) is 3.37. The SMILES string of the molecule is CNC(=O)C(C)Sc1ccccn1. The van der Waals surface area contributed by atoms with Crippen LogP contribution in [0, 0.1) is 0 Å². The average Bonchev–Trinajstić information content (AvgIpc) is 2.18. The summed E-state index contributed by atoms with van der Waals surface area (Å²) in [5.74, 6) is 0.0238. The summed E-state index contributed by atoms with van der Waals surface area (Å²) in [4.78, 5) is 15.3. The summed E-state index contributed by atoms with van der Waals surface area (Å²) >= 11 is 1.45. The van der Waals surface area contributed by atoms with Crippen molar-refractivity contribution in [2.75, 3.05) is 7.05 Å². The van der Waals surface area contributed by atoms with Crippen molar-refractivity contribution >= 4 is 17.7 Å². The number of amides is 1. The van der Waals surface area contributed by atoms with Gasteiger partial charge in [0.05, 0.1) is 10.3 Å². The zero-order chi connectivity index (χ0) is 9.68. The smallest absolute Gasteiger partial charge is 0.233 e. The van der Waals surface area contributed by atoms with E-state index in [0.29, 0.717) is 0 Å². The minimum absolute atomic E-state index is 0.0238. The van der Waals surface area contributed by atoms with Gasteiger partial charge in [0.1, 0.15) is 0 Å². The third kappa shape index (κ3) is 3.06. The molecule has 0 saturated carbocycles. The average molecular weight is 196 g/mol. The van der Waals surface area contributed by atoms with Crippen molar-refractivity contribution < 1.29 is 4.79 Å². The number of pyridine rings is 1. The van der Waals surface area contributed by atoms with Crippen LogP contribution in [0.5, 0.6) is 0 Å². The van der Waals surface area contributed by atoms with Crippen molar-refractivity contribution in [3.63, 3.8) is 0 Å². The number of hydrogen-bond acceptors (Lipinski definition) is 3. The molecule has 0 aliphatic rings. The molecule has 0 aromatic carbocycles. The molecule has 70 valence electrons. The van der Waals surface area contributed by atoms with Crippen molar-refractivity contribution in [1.29, 1.82) is 0 Å². The molecule has 0 radical (unpaired) electrons. The zero-order valence-electron chi connectivity index (χ0n) is 7.65. The van der Waals surface area contributed by atoms with Crippen molar-refractivity contribution in [1.82, 2.24) is 10.3 Å². The molecule has 0 aliphatic carbocycles. The molecule has 13 heavy (non-hydrogen) atoms. The largest absolute Gasteiger partial charge is 0.358 e. The van der Waals surface area contributed by atoms with Crippen molar-refractivity contribution in [2.24, 2.45) is 0 Å². The molecule has 0 saturated heterocycles. The summed E-state index contributed by atoms with van der Waals surface area (Å²) < 4.78 is 0. The first-order chi connectivity index (χ1) is 6.24. The number of aromatic nitrogens is 1. The molecule has 4 heteroatoms. The van der Waals surface area contributed by atoms with E-state index in [1.165, 1.54) is 11.8 Å². The monoisotopic (exact) mass is 196 g/mol. The van der Waals surface area contributed by atoms with Gasteiger partial charge in [-0.2, -0.15) is 0 Å². The number of hydrogen-bond donors (Lipinski definition) is 1. The van der Waals surface area contributed by atoms with Crippen LogP contribution in [0.4, 0.5) is 0 Å². The van der Waals surface area contributed by atoms with E-state index in [1.54, 1.807) is 13.2 Å². The fourth-order valence-electron chi connectivity index (χ4n) is 0.855. The van der Waals surface area contributed by atoms with Crippen molar-refractivity contribution in [2.45, 2.75) is 17.2 Å².